The Morgan fingerprint density at radius 2 is 1.77 bits per heavy atom. The van der Waals surface area contributed by atoms with E-state index in [9.17, 15) is 14.7 Å². The summed E-state index contributed by atoms with van der Waals surface area (Å²) in [5.74, 6) is -0.438. The summed E-state index contributed by atoms with van der Waals surface area (Å²) in [7, 11) is 1.37. The second-order valence-corrected chi connectivity index (χ2v) is 7.23. The minimum atomic E-state index is -0.383. The molecule has 0 heterocycles. The minimum Gasteiger partial charge on any atom is -0.465 e. The van der Waals surface area contributed by atoms with Crippen molar-refractivity contribution in [3.05, 3.63) is 71.8 Å². The van der Waals surface area contributed by atoms with E-state index in [1.807, 2.05) is 68.4 Å². The van der Waals surface area contributed by atoms with Gasteiger partial charge in [0.2, 0.25) is 0 Å². The van der Waals surface area contributed by atoms with Gasteiger partial charge in [-0.25, -0.2) is 4.79 Å². The SMILES string of the molecule is CCN(C(=O)c1ccc2c(-c3ccccc3C(=O)OC)cccc2c1)C(C)CCO. The number of esters is 1. The molecule has 0 saturated carbocycles. The molecular weight excluding hydrogens is 378 g/mol. The molecule has 0 bridgehead atoms. The highest BCUT2D eigenvalue weighted by Gasteiger charge is 2.20. The highest BCUT2D eigenvalue weighted by Crippen LogP contribution is 2.32. The fraction of sp³-hybridized carbons (Fsp3) is 0.280. The molecule has 156 valence electrons. The lowest BCUT2D eigenvalue weighted by molar-refractivity contribution is 0.0600. The van der Waals surface area contributed by atoms with Crippen LogP contribution in [0.25, 0.3) is 21.9 Å². The Labute approximate surface area is 176 Å². The van der Waals surface area contributed by atoms with Crippen LogP contribution in [0.4, 0.5) is 0 Å². The number of ether oxygens (including phenoxy) is 1. The molecule has 0 spiro atoms. The Kier molecular flexibility index (Phi) is 6.85. The van der Waals surface area contributed by atoms with Gasteiger partial charge in [0.15, 0.2) is 0 Å². The lowest BCUT2D eigenvalue weighted by Crippen LogP contribution is -2.39. The van der Waals surface area contributed by atoms with Crippen LogP contribution < -0.4 is 0 Å². The molecule has 1 atom stereocenters. The molecule has 0 aliphatic carbocycles. The first-order valence-corrected chi connectivity index (χ1v) is 10.1. The first kappa shape index (κ1) is 21.5. The Balaban J connectivity index is 2.06. The van der Waals surface area contributed by atoms with Gasteiger partial charge < -0.3 is 14.7 Å². The van der Waals surface area contributed by atoms with E-state index in [1.165, 1.54) is 7.11 Å². The number of carbonyl (C=O) groups excluding carboxylic acids is 2. The van der Waals surface area contributed by atoms with Crippen LogP contribution in [0, 0.1) is 0 Å². The van der Waals surface area contributed by atoms with Gasteiger partial charge in [0.25, 0.3) is 5.91 Å². The Hall–Kier alpha value is -3.18. The average Bonchev–Trinajstić information content (AvgIpc) is 2.78. The summed E-state index contributed by atoms with van der Waals surface area (Å²) in [5.41, 5.74) is 2.81. The molecule has 1 unspecified atom stereocenters. The molecule has 3 rings (SSSR count). The first-order chi connectivity index (χ1) is 14.5. The van der Waals surface area contributed by atoms with Crippen LogP contribution in [0.1, 0.15) is 41.0 Å². The predicted octanol–water partition coefficient (Wildman–Crippen LogP) is 4.53. The molecule has 5 heteroatoms. The van der Waals surface area contributed by atoms with Crippen molar-refractivity contribution < 1.29 is 19.4 Å². The lowest BCUT2D eigenvalue weighted by Gasteiger charge is -2.28. The molecule has 0 radical (unpaired) electrons. The molecule has 1 N–H and O–H groups in total. The zero-order chi connectivity index (χ0) is 21.7. The Morgan fingerprint density at radius 1 is 1.03 bits per heavy atom. The van der Waals surface area contributed by atoms with E-state index in [4.69, 9.17) is 4.74 Å². The van der Waals surface area contributed by atoms with E-state index in [-0.39, 0.29) is 24.5 Å². The second kappa shape index (κ2) is 9.55. The number of methoxy groups -OCH3 is 1. The summed E-state index contributed by atoms with van der Waals surface area (Å²) >= 11 is 0. The van der Waals surface area contributed by atoms with Crippen LogP contribution in [0.2, 0.25) is 0 Å². The van der Waals surface area contributed by atoms with E-state index in [1.54, 1.807) is 11.0 Å². The van der Waals surface area contributed by atoms with Gasteiger partial charge in [0, 0.05) is 24.8 Å². The van der Waals surface area contributed by atoms with Crippen molar-refractivity contribution in [3.63, 3.8) is 0 Å². The van der Waals surface area contributed by atoms with Gasteiger partial charge in [-0.05, 0) is 60.4 Å². The van der Waals surface area contributed by atoms with Crippen LogP contribution in [0.15, 0.2) is 60.7 Å². The number of hydrogen-bond acceptors (Lipinski definition) is 4. The Bertz CT molecular complexity index is 1060. The maximum absolute atomic E-state index is 13.1. The predicted molar refractivity (Wildman–Crippen MR) is 119 cm³/mol. The lowest BCUT2D eigenvalue weighted by atomic mass is 9.93. The first-order valence-electron chi connectivity index (χ1n) is 10.1. The van der Waals surface area contributed by atoms with E-state index < -0.39 is 0 Å². The van der Waals surface area contributed by atoms with E-state index in [2.05, 4.69) is 0 Å². The van der Waals surface area contributed by atoms with Gasteiger partial charge in [-0.1, -0.05) is 42.5 Å². The highest BCUT2D eigenvalue weighted by molar-refractivity contribution is 6.06. The number of aliphatic hydroxyl groups is 1. The number of hydrogen-bond donors (Lipinski definition) is 1. The molecule has 3 aromatic rings. The van der Waals surface area contributed by atoms with Crippen molar-refractivity contribution in [2.75, 3.05) is 20.3 Å². The van der Waals surface area contributed by atoms with E-state index >= 15 is 0 Å². The molecule has 0 fully saturated rings. The summed E-state index contributed by atoms with van der Waals surface area (Å²) in [5, 5.41) is 11.1. The van der Waals surface area contributed by atoms with Gasteiger partial charge in [-0.3, -0.25) is 4.79 Å². The zero-order valence-corrected chi connectivity index (χ0v) is 17.6. The van der Waals surface area contributed by atoms with Gasteiger partial charge >= 0.3 is 5.97 Å². The topological polar surface area (TPSA) is 66.8 Å². The summed E-state index contributed by atoms with van der Waals surface area (Å²) < 4.78 is 4.94. The van der Waals surface area contributed by atoms with Gasteiger partial charge in [-0.15, -0.1) is 0 Å². The van der Waals surface area contributed by atoms with Gasteiger partial charge in [0.05, 0.1) is 12.7 Å². The summed E-state index contributed by atoms with van der Waals surface area (Å²) in [6.45, 7) is 4.51. The molecule has 0 saturated heterocycles. The van der Waals surface area contributed by atoms with Gasteiger partial charge in [-0.2, -0.15) is 0 Å². The number of nitrogens with zero attached hydrogens (tertiary/aromatic N) is 1. The molecule has 0 aliphatic heterocycles. The van der Waals surface area contributed by atoms with Crippen LogP contribution in [0.5, 0.6) is 0 Å². The molecule has 0 aliphatic rings. The maximum atomic E-state index is 13.1. The largest absolute Gasteiger partial charge is 0.465 e. The maximum Gasteiger partial charge on any atom is 0.338 e. The molecule has 0 aromatic heterocycles. The number of aliphatic hydroxyl groups excluding tert-OH is 1. The third-order valence-corrected chi connectivity index (χ3v) is 5.43. The zero-order valence-electron chi connectivity index (χ0n) is 17.6. The number of benzene rings is 3. The van der Waals surface area contributed by atoms with Gasteiger partial charge in [0.1, 0.15) is 0 Å². The van der Waals surface area contributed by atoms with Crippen molar-refractivity contribution in [1.29, 1.82) is 0 Å². The fourth-order valence-corrected chi connectivity index (χ4v) is 3.82. The van der Waals surface area contributed by atoms with Crippen LogP contribution in [0.3, 0.4) is 0 Å². The van der Waals surface area contributed by atoms with Crippen LogP contribution in [-0.2, 0) is 4.74 Å². The second-order valence-electron chi connectivity index (χ2n) is 7.23. The standard InChI is InChI=1S/C25H27NO4/c1-4-26(17(2)14-15-27)24(28)19-12-13-20-18(16-19)8-7-11-21(20)22-9-5-6-10-23(22)25(29)30-3/h5-13,16-17,27H,4,14-15H2,1-3H3. The molecule has 5 nitrogen and oxygen atoms in total. The number of carbonyl (C=O) groups is 2. The van der Waals surface area contributed by atoms with Crippen molar-refractivity contribution in [2.45, 2.75) is 26.3 Å². The number of fused-ring (bicyclic) bond motifs is 1. The number of amides is 1. The molecule has 30 heavy (non-hydrogen) atoms. The molecular formula is C25H27NO4. The smallest absolute Gasteiger partial charge is 0.338 e. The highest BCUT2D eigenvalue weighted by atomic mass is 16.5. The minimum absolute atomic E-state index is 0.0403. The normalized spacial score (nSPS) is 11.9. The molecule has 1 amide bonds. The summed E-state index contributed by atoms with van der Waals surface area (Å²) in [4.78, 5) is 27.0. The third-order valence-electron chi connectivity index (χ3n) is 5.43. The summed E-state index contributed by atoms with van der Waals surface area (Å²) in [6, 6.07) is 18.8. The van der Waals surface area contributed by atoms with Crippen LogP contribution in [-0.4, -0.2) is 48.2 Å². The Morgan fingerprint density at radius 3 is 2.47 bits per heavy atom. The quantitative estimate of drug-likeness (QED) is 0.587. The van der Waals surface area contributed by atoms with Crippen molar-refractivity contribution >= 4 is 22.6 Å². The van der Waals surface area contributed by atoms with E-state index in [0.29, 0.717) is 24.1 Å². The van der Waals surface area contributed by atoms with Crippen molar-refractivity contribution in [3.8, 4) is 11.1 Å². The van der Waals surface area contributed by atoms with E-state index in [0.717, 1.165) is 21.9 Å². The fourth-order valence-electron chi connectivity index (χ4n) is 3.82. The summed E-state index contributed by atoms with van der Waals surface area (Å²) in [6.07, 6.45) is 0.543. The third kappa shape index (κ3) is 4.21. The van der Waals surface area contributed by atoms with Crippen molar-refractivity contribution in [2.24, 2.45) is 0 Å². The monoisotopic (exact) mass is 405 g/mol. The number of rotatable bonds is 7. The average molecular weight is 405 g/mol. The van der Waals surface area contributed by atoms with Crippen LogP contribution >= 0.6 is 0 Å². The van der Waals surface area contributed by atoms with Crippen molar-refractivity contribution in [1.82, 2.24) is 4.90 Å². The molecule has 3 aromatic carbocycles.